The predicted molar refractivity (Wildman–Crippen MR) is 66.4 cm³/mol. The summed E-state index contributed by atoms with van der Waals surface area (Å²) in [6.45, 7) is 5.75. The van der Waals surface area contributed by atoms with E-state index in [0.29, 0.717) is 0 Å². The van der Waals surface area contributed by atoms with E-state index in [-0.39, 0.29) is 5.92 Å². The van der Waals surface area contributed by atoms with Crippen LogP contribution in [-0.4, -0.2) is 0 Å². The predicted octanol–water partition coefficient (Wildman–Crippen LogP) is 3.81. The van der Waals surface area contributed by atoms with Gasteiger partial charge in [-0.2, -0.15) is 0 Å². The highest BCUT2D eigenvalue weighted by Gasteiger charge is 1.95. The molecule has 0 fully saturated rings. The lowest BCUT2D eigenvalue weighted by Crippen LogP contribution is -1.89. The minimum Gasteiger partial charge on any atom is -0.103 e. The van der Waals surface area contributed by atoms with E-state index in [2.05, 4.69) is 24.5 Å². The summed E-state index contributed by atoms with van der Waals surface area (Å²) in [5, 5.41) is 0. The van der Waals surface area contributed by atoms with Gasteiger partial charge in [0.05, 0.1) is 0 Å². The molecule has 0 spiro atoms. The maximum absolute atomic E-state index is 3.74. The zero-order valence-electron chi connectivity index (χ0n) is 9.11. The van der Waals surface area contributed by atoms with Gasteiger partial charge in [-0.1, -0.05) is 48.3 Å². The summed E-state index contributed by atoms with van der Waals surface area (Å²) in [6.07, 6.45) is 6.96. The summed E-state index contributed by atoms with van der Waals surface area (Å²) >= 11 is 0. The lowest BCUT2D eigenvalue weighted by molar-refractivity contribution is 0.863. The van der Waals surface area contributed by atoms with Crippen molar-refractivity contribution in [2.45, 2.75) is 13.3 Å². The van der Waals surface area contributed by atoms with Crippen molar-refractivity contribution >= 4 is 0 Å². The van der Waals surface area contributed by atoms with Gasteiger partial charge in [0, 0.05) is 11.5 Å². The molecule has 0 aromatic heterocycles. The van der Waals surface area contributed by atoms with E-state index in [1.54, 1.807) is 0 Å². The molecule has 1 aromatic carbocycles. The molecule has 0 aliphatic heterocycles. The number of rotatable bonds is 3. The fourth-order valence-electron chi connectivity index (χ4n) is 1.29. The molecule has 15 heavy (non-hydrogen) atoms. The van der Waals surface area contributed by atoms with Crippen LogP contribution < -0.4 is 0 Å². The first-order valence-electron chi connectivity index (χ1n) is 5.17. The van der Waals surface area contributed by atoms with Crippen molar-refractivity contribution in [2.75, 3.05) is 0 Å². The zero-order valence-corrected chi connectivity index (χ0v) is 9.11. The van der Waals surface area contributed by atoms with Gasteiger partial charge in [-0.3, -0.25) is 0 Å². The summed E-state index contributed by atoms with van der Waals surface area (Å²) in [4.78, 5) is 0. The first-order chi connectivity index (χ1) is 7.36. The van der Waals surface area contributed by atoms with Gasteiger partial charge >= 0.3 is 0 Å². The highest BCUT2D eigenvalue weighted by molar-refractivity contribution is 5.34. The largest absolute Gasteiger partial charge is 0.103 e. The zero-order chi connectivity index (χ0) is 10.9. The van der Waals surface area contributed by atoms with Gasteiger partial charge < -0.3 is 0 Å². The number of hydrogen-bond acceptors (Lipinski definition) is 0. The van der Waals surface area contributed by atoms with Crippen LogP contribution in [0.25, 0.3) is 0 Å². The minimum atomic E-state index is 0.285. The molecule has 0 saturated carbocycles. The lowest BCUT2D eigenvalue weighted by atomic mass is 10.1. The Morgan fingerprint density at radius 2 is 2.07 bits per heavy atom. The van der Waals surface area contributed by atoms with Crippen molar-refractivity contribution < 1.29 is 0 Å². The van der Waals surface area contributed by atoms with Gasteiger partial charge in [0.2, 0.25) is 0 Å². The molecule has 1 unspecified atom stereocenters. The average Bonchev–Trinajstić information content (AvgIpc) is 2.28. The molecule has 0 heteroatoms. The molecule has 76 valence electrons. The Kier molecular flexibility index (Phi) is 5.04. The summed E-state index contributed by atoms with van der Waals surface area (Å²) < 4.78 is 0. The lowest BCUT2D eigenvalue weighted by Gasteiger charge is -1.98. The SMILES string of the molecule is C=CCC(C#Cc1ccccc1)/C=C/C. The van der Waals surface area contributed by atoms with E-state index in [1.807, 2.05) is 49.4 Å². The van der Waals surface area contributed by atoms with Gasteiger partial charge in [0.1, 0.15) is 0 Å². The van der Waals surface area contributed by atoms with Crippen molar-refractivity contribution in [1.82, 2.24) is 0 Å². The third-order valence-electron chi connectivity index (χ3n) is 2.02. The van der Waals surface area contributed by atoms with Crippen LogP contribution in [0.4, 0.5) is 0 Å². The molecule has 1 rings (SSSR count). The third-order valence-corrected chi connectivity index (χ3v) is 2.02. The number of benzene rings is 1. The van der Waals surface area contributed by atoms with Gasteiger partial charge in [0.25, 0.3) is 0 Å². The quantitative estimate of drug-likeness (QED) is 0.509. The van der Waals surface area contributed by atoms with E-state index in [0.717, 1.165) is 12.0 Å². The molecule has 0 amide bonds. The first kappa shape index (κ1) is 11.3. The Hall–Kier alpha value is -1.74. The highest BCUT2D eigenvalue weighted by atomic mass is 14.0. The number of allylic oxidation sites excluding steroid dienone is 3. The van der Waals surface area contributed by atoms with Crippen LogP contribution in [0.15, 0.2) is 55.1 Å². The molecule has 1 atom stereocenters. The van der Waals surface area contributed by atoms with Gasteiger partial charge in [0.15, 0.2) is 0 Å². The molecule has 0 radical (unpaired) electrons. The van der Waals surface area contributed by atoms with Crippen LogP contribution in [0, 0.1) is 17.8 Å². The Bertz CT molecular complexity index is 373. The second-order valence-corrected chi connectivity index (χ2v) is 3.29. The standard InChI is InChI=1S/C15H16/c1-3-8-14(9-4-2)12-13-15-10-6-5-7-11-15/h3-7,9-11,14H,1,8H2,2H3/b9-4+. The Morgan fingerprint density at radius 3 is 2.67 bits per heavy atom. The molecule has 0 nitrogen and oxygen atoms in total. The van der Waals surface area contributed by atoms with E-state index >= 15 is 0 Å². The first-order valence-corrected chi connectivity index (χ1v) is 5.17. The summed E-state index contributed by atoms with van der Waals surface area (Å²) in [7, 11) is 0. The van der Waals surface area contributed by atoms with Crippen LogP contribution in [0.2, 0.25) is 0 Å². The second-order valence-electron chi connectivity index (χ2n) is 3.29. The van der Waals surface area contributed by atoms with Gasteiger partial charge in [-0.15, -0.1) is 6.58 Å². The van der Waals surface area contributed by atoms with Gasteiger partial charge in [-0.25, -0.2) is 0 Å². The fourth-order valence-corrected chi connectivity index (χ4v) is 1.29. The molecule has 0 aliphatic rings. The van der Waals surface area contributed by atoms with E-state index in [1.165, 1.54) is 0 Å². The van der Waals surface area contributed by atoms with Gasteiger partial charge in [-0.05, 0) is 25.5 Å². The molecular formula is C15H16. The Balaban J connectivity index is 2.73. The average molecular weight is 196 g/mol. The van der Waals surface area contributed by atoms with Crippen LogP contribution in [0.1, 0.15) is 18.9 Å². The second kappa shape index (κ2) is 6.68. The molecule has 0 N–H and O–H groups in total. The van der Waals surface area contributed by atoms with Crippen LogP contribution in [0.3, 0.4) is 0 Å². The normalized spacial score (nSPS) is 11.8. The van der Waals surface area contributed by atoms with Crippen molar-refractivity contribution in [3.63, 3.8) is 0 Å². The smallest absolute Gasteiger partial charge is 0.0420 e. The summed E-state index contributed by atoms with van der Waals surface area (Å²) in [5.74, 6) is 6.68. The van der Waals surface area contributed by atoms with Crippen molar-refractivity contribution in [2.24, 2.45) is 5.92 Å². The fraction of sp³-hybridized carbons (Fsp3) is 0.200. The molecule has 1 aromatic rings. The van der Waals surface area contributed by atoms with Crippen molar-refractivity contribution in [3.8, 4) is 11.8 Å². The molecular weight excluding hydrogens is 180 g/mol. The van der Waals surface area contributed by atoms with Crippen LogP contribution in [-0.2, 0) is 0 Å². The van der Waals surface area contributed by atoms with E-state index < -0.39 is 0 Å². The molecule has 0 saturated heterocycles. The van der Waals surface area contributed by atoms with Crippen LogP contribution in [0.5, 0.6) is 0 Å². The molecule has 0 bridgehead atoms. The topological polar surface area (TPSA) is 0 Å². The van der Waals surface area contributed by atoms with Crippen molar-refractivity contribution in [1.29, 1.82) is 0 Å². The Labute approximate surface area is 92.3 Å². The Morgan fingerprint density at radius 1 is 1.33 bits per heavy atom. The minimum absolute atomic E-state index is 0.285. The van der Waals surface area contributed by atoms with E-state index in [4.69, 9.17) is 0 Å². The highest BCUT2D eigenvalue weighted by Crippen LogP contribution is 2.05. The summed E-state index contributed by atoms with van der Waals surface area (Å²) in [6, 6.07) is 10.0. The monoisotopic (exact) mass is 196 g/mol. The van der Waals surface area contributed by atoms with E-state index in [9.17, 15) is 0 Å². The maximum atomic E-state index is 3.74. The van der Waals surface area contributed by atoms with Crippen LogP contribution >= 0.6 is 0 Å². The molecule has 0 heterocycles. The van der Waals surface area contributed by atoms with Crippen molar-refractivity contribution in [3.05, 3.63) is 60.7 Å². The third kappa shape index (κ3) is 4.33. The number of hydrogen-bond donors (Lipinski definition) is 0. The summed E-state index contributed by atoms with van der Waals surface area (Å²) in [5.41, 5.74) is 1.07. The maximum Gasteiger partial charge on any atom is 0.0420 e. The molecule has 0 aliphatic carbocycles.